The Balaban J connectivity index is 3.22. The fourth-order valence-corrected chi connectivity index (χ4v) is 1.09. The number of carbonyl (C=O) groups is 1. The van der Waals surface area contributed by atoms with Gasteiger partial charge in [-0.3, -0.25) is 4.79 Å². The van der Waals surface area contributed by atoms with Crippen LogP contribution in [-0.4, -0.2) is 22.3 Å². The molecule has 0 radical (unpaired) electrons. The lowest BCUT2D eigenvalue weighted by Gasteiger charge is -2.06. The van der Waals surface area contributed by atoms with Gasteiger partial charge in [-0.15, -0.1) is 12.3 Å². The summed E-state index contributed by atoms with van der Waals surface area (Å²) in [5.41, 5.74) is 0. The summed E-state index contributed by atoms with van der Waals surface area (Å²) in [5.74, 6) is 1.58. The molecule has 0 unspecified atom stereocenters. The van der Waals surface area contributed by atoms with Crippen LogP contribution >= 0.6 is 0 Å². The molecule has 0 aliphatic carbocycles. The van der Waals surface area contributed by atoms with Gasteiger partial charge in [-0.25, -0.2) is 0 Å². The molecule has 1 atom stereocenters. The van der Waals surface area contributed by atoms with E-state index in [1.165, 1.54) is 0 Å². The average molecular weight is 184 g/mol. The number of terminal acetylenes is 1. The van der Waals surface area contributed by atoms with E-state index < -0.39 is 12.1 Å². The number of carboxylic acids is 1. The number of hydrogen-bond donors (Lipinski definition) is 2. The minimum Gasteiger partial charge on any atom is -0.481 e. The highest BCUT2D eigenvalue weighted by Gasteiger charge is 2.08. The first kappa shape index (κ1) is 12.0. The first-order valence-electron chi connectivity index (χ1n) is 4.50. The van der Waals surface area contributed by atoms with Gasteiger partial charge in [0.1, 0.15) is 0 Å². The number of carboxylic acid groups (broad SMARTS) is 1. The van der Waals surface area contributed by atoms with Crippen molar-refractivity contribution in [2.75, 3.05) is 0 Å². The van der Waals surface area contributed by atoms with E-state index in [1.54, 1.807) is 0 Å². The third-order valence-electron chi connectivity index (χ3n) is 1.77. The standard InChI is InChI=1S/C10H16O3/c1-2-3-4-5-6-7-9(11)8-10(12)13/h1,9,11H,3-8H2,(H,12,13)/t9-/m1/s1. The molecule has 3 nitrogen and oxygen atoms in total. The van der Waals surface area contributed by atoms with E-state index in [4.69, 9.17) is 16.6 Å². The Kier molecular flexibility index (Phi) is 7.04. The van der Waals surface area contributed by atoms with Crippen LogP contribution in [0.15, 0.2) is 0 Å². The maximum Gasteiger partial charge on any atom is 0.305 e. The topological polar surface area (TPSA) is 57.5 Å². The van der Waals surface area contributed by atoms with E-state index in [0.29, 0.717) is 6.42 Å². The molecule has 0 aromatic rings. The number of aliphatic hydroxyl groups is 1. The van der Waals surface area contributed by atoms with Crippen molar-refractivity contribution in [3.8, 4) is 12.3 Å². The molecule has 0 rings (SSSR count). The van der Waals surface area contributed by atoms with Crippen molar-refractivity contribution in [2.24, 2.45) is 0 Å². The second kappa shape index (κ2) is 7.63. The summed E-state index contributed by atoms with van der Waals surface area (Å²) < 4.78 is 0. The normalized spacial score (nSPS) is 12.0. The molecule has 0 bridgehead atoms. The highest BCUT2D eigenvalue weighted by Crippen LogP contribution is 2.07. The molecule has 0 aliphatic rings. The maximum absolute atomic E-state index is 10.2. The van der Waals surface area contributed by atoms with Gasteiger partial charge in [0.25, 0.3) is 0 Å². The monoisotopic (exact) mass is 184 g/mol. The van der Waals surface area contributed by atoms with Crippen LogP contribution < -0.4 is 0 Å². The van der Waals surface area contributed by atoms with Crippen LogP contribution in [0.2, 0.25) is 0 Å². The van der Waals surface area contributed by atoms with Crippen molar-refractivity contribution in [2.45, 2.75) is 44.6 Å². The Morgan fingerprint density at radius 2 is 2.08 bits per heavy atom. The first-order valence-corrected chi connectivity index (χ1v) is 4.50. The summed E-state index contributed by atoms with van der Waals surface area (Å²) in [6.45, 7) is 0. The van der Waals surface area contributed by atoms with Crippen molar-refractivity contribution in [1.29, 1.82) is 0 Å². The van der Waals surface area contributed by atoms with Gasteiger partial charge in [-0.2, -0.15) is 0 Å². The molecule has 0 aliphatic heterocycles. The molecule has 13 heavy (non-hydrogen) atoms. The van der Waals surface area contributed by atoms with Gasteiger partial charge in [-0.05, 0) is 12.8 Å². The quantitative estimate of drug-likeness (QED) is 0.464. The van der Waals surface area contributed by atoms with Gasteiger partial charge in [0.15, 0.2) is 0 Å². The van der Waals surface area contributed by atoms with Crippen molar-refractivity contribution in [1.82, 2.24) is 0 Å². The Bertz CT molecular complexity index is 181. The molecule has 3 heteroatoms. The average Bonchev–Trinajstić information content (AvgIpc) is 2.02. The number of unbranched alkanes of at least 4 members (excludes halogenated alkanes) is 3. The van der Waals surface area contributed by atoms with E-state index in [2.05, 4.69) is 5.92 Å². The summed E-state index contributed by atoms with van der Waals surface area (Å²) in [4.78, 5) is 10.2. The number of aliphatic hydroxyl groups excluding tert-OH is 1. The first-order chi connectivity index (χ1) is 6.16. The van der Waals surface area contributed by atoms with Crippen LogP contribution in [0.1, 0.15) is 38.5 Å². The van der Waals surface area contributed by atoms with Gasteiger partial charge in [-0.1, -0.05) is 12.8 Å². The fraction of sp³-hybridized carbons (Fsp3) is 0.700. The molecule has 0 amide bonds. The lowest BCUT2D eigenvalue weighted by molar-refractivity contribution is -0.139. The van der Waals surface area contributed by atoms with Gasteiger partial charge in [0, 0.05) is 6.42 Å². The molecule has 0 aromatic carbocycles. The predicted octanol–water partition coefficient (Wildman–Crippen LogP) is 1.41. The largest absolute Gasteiger partial charge is 0.481 e. The lowest BCUT2D eigenvalue weighted by atomic mass is 10.1. The van der Waals surface area contributed by atoms with Crippen molar-refractivity contribution in [3.63, 3.8) is 0 Å². The molecule has 74 valence electrons. The predicted molar refractivity (Wildman–Crippen MR) is 50.2 cm³/mol. The summed E-state index contributed by atoms with van der Waals surface area (Å²) in [5, 5.41) is 17.5. The molecular formula is C10H16O3. The fourth-order valence-electron chi connectivity index (χ4n) is 1.09. The molecule has 0 heterocycles. The van der Waals surface area contributed by atoms with E-state index in [9.17, 15) is 4.79 Å². The summed E-state index contributed by atoms with van der Waals surface area (Å²) in [7, 11) is 0. The van der Waals surface area contributed by atoms with Crippen LogP contribution in [0.4, 0.5) is 0 Å². The number of hydrogen-bond acceptors (Lipinski definition) is 2. The highest BCUT2D eigenvalue weighted by molar-refractivity contribution is 5.67. The Labute approximate surface area is 78.8 Å². The maximum atomic E-state index is 10.2. The molecule has 0 spiro atoms. The van der Waals surface area contributed by atoms with Crippen LogP contribution in [-0.2, 0) is 4.79 Å². The van der Waals surface area contributed by atoms with Gasteiger partial charge in [0.05, 0.1) is 12.5 Å². The third kappa shape index (κ3) is 8.90. The zero-order chi connectivity index (χ0) is 10.1. The van der Waals surface area contributed by atoms with Crippen LogP contribution in [0, 0.1) is 12.3 Å². The molecular weight excluding hydrogens is 168 g/mol. The number of rotatable bonds is 7. The SMILES string of the molecule is C#CCCCCC[C@@H](O)CC(=O)O. The van der Waals surface area contributed by atoms with Gasteiger partial charge in [0.2, 0.25) is 0 Å². The zero-order valence-electron chi connectivity index (χ0n) is 7.70. The molecule has 0 fully saturated rings. The highest BCUT2D eigenvalue weighted by atomic mass is 16.4. The second-order valence-electron chi connectivity index (χ2n) is 3.06. The lowest BCUT2D eigenvalue weighted by Crippen LogP contribution is -2.12. The second-order valence-corrected chi connectivity index (χ2v) is 3.06. The molecule has 2 N–H and O–H groups in total. The van der Waals surface area contributed by atoms with Gasteiger partial charge < -0.3 is 10.2 Å². The van der Waals surface area contributed by atoms with Crippen molar-refractivity contribution in [3.05, 3.63) is 0 Å². The van der Waals surface area contributed by atoms with E-state index >= 15 is 0 Å². The Morgan fingerprint density at radius 1 is 1.38 bits per heavy atom. The van der Waals surface area contributed by atoms with Crippen molar-refractivity contribution >= 4 is 5.97 Å². The van der Waals surface area contributed by atoms with E-state index in [1.807, 2.05) is 0 Å². The van der Waals surface area contributed by atoms with Crippen molar-refractivity contribution < 1.29 is 15.0 Å². The third-order valence-corrected chi connectivity index (χ3v) is 1.77. The van der Waals surface area contributed by atoms with E-state index in [-0.39, 0.29) is 6.42 Å². The summed E-state index contributed by atoms with van der Waals surface area (Å²) in [6.07, 6.45) is 8.27. The Morgan fingerprint density at radius 3 is 2.62 bits per heavy atom. The van der Waals surface area contributed by atoms with Gasteiger partial charge >= 0.3 is 5.97 Å². The van der Waals surface area contributed by atoms with Crippen LogP contribution in [0.3, 0.4) is 0 Å². The minimum atomic E-state index is -0.948. The van der Waals surface area contributed by atoms with Crippen LogP contribution in [0.25, 0.3) is 0 Å². The number of aliphatic carboxylic acids is 1. The summed E-state index contributed by atoms with van der Waals surface area (Å²) >= 11 is 0. The zero-order valence-corrected chi connectivity index (χ0v) is 7.70. The summed E-state index contributed by atoms with van der Waals surface area (Å²) in [6, 6.07) is 0. The molecule has 0 aromatic heterocycles. The smallest absolute Gasteiger partial charge is 0.305 e. The minimum absolute atomic E-state index is 0.158. The molecule has 0 saturated carbocycles. The van der Waals surface area contributed by atoms with Crippen LogP contribution in [0.5, 0.6) is 0 Å². The Hall–Kier alpha value is -1.01. The van der Waals surface area contributed by atoms with E-state index in [0.717, 1.165) is 25.7 Å². The molecule has 0 saturated heterocycles.